The first kappa shape index (κ1) is 16.5. The Morgan fingerprint density at radius 2 is 2.04 bits per heavy atom. The molecule has 0 fully saturated rings. The van der Waals surface area contributed by atoms with Crippen LogP contribution in [0.25, 0.3) is 10.2 Å². The molecule has 124 valence electrons. The average molecular weight is 346 g/mol. The van der Waals surface area contributed by atoms with Gasteiger partial charge in [0.2, 0.25) is 0 Å². The Morgan fingerprint density at radius 3 is 2.79 bits per heavy atom. The third kappa shape index (κ3) is 3.59. The standard InChI is InChI=1S/C18H16F2N2OS/c1-2-3-4-11-5-8-15-16(9-11)24-18(21-15)22-17(23)13-7-6-12(19)10-14(13)20/h5-10H,2-4H2,1H3,(H,21,22,23). The highest BCUT2D eigenvalue weighted by Gasteiger charge is 2.14. The summed E-state index contributed by atoms with van der Waals surface area (Å²) in [5.74, 6) is -2.25. The third-order valence-corrected chi connectivity index (χ3v) is 4.60. The summed E-state index contributed by atoms with van der Waals surface area (Å²) in [5.41, 5.74) is 1.81. The van der Waals surface area contributed by atoms with E-state index in [1.165, 1.54) is 16.9 Å². The van der Waals surface area contributed by atoms with Crippen LogP contribution in [0.15, 0.2) is 36.4 Å². The smallest absolute Gasteiger partial charge is 0.260 e. The predicted molar refractivity (Wildman–Crippen MR) is 92.5 cm³/mol. The van der Waals surface area contributed by atoms with Gasteiger partial charge in [0.05, 0.1) is 15.8 Å². The summed E-state index contributed by atoms with van der Waals surface area (Å²) < 4.78 is 27.6. The molecule has 3 aromatic rings. The Labute approximate surface area is 142 Å². The number of thiazole rings is 1. The number of amides is 1. The van der Waals surface area contributed by atoms with Gasteiger partial charge in [-0.15, -0.1) is 0 Å². The number of carbonyl (C=O) groups is 1. The van der Waals surface area contributed by atoms with E-state index in [2.05, 4.69) is 23.3 Å². The number of hydrogen-bond acceptors (Lipinski definition) is 3. The van der Waals surface area contributed by atoms with Crippen molar-refractivity contribution in [3.63, 3.8) is 0 Å². The molecule has 1 N–H and O–H groups in total. The van der Waals surface area contributed by atoms with Gasteiger partial charge in [-0.1, -0.05) is 30.7 Å². The number of rotatable bonds is 5. The maximum Gasteiger partial charge on any atom is 0.260 e. The minimum atomic E-state index is -0.893. The molecule has 6 heteroatoms. The largest absolute Gasteiger partial charge is 0.298 e. The van der Waals surface area contributed by atoms with Crippen LogP contribution in [-0.4, -0.2) is 10.9 Å². The summed E-state index contributed by atoms with van der Waals surface area (Å²) in [7, 11) is 0. The van der Waals surface area contributed by atoms with E-state index in [-0.39, 0.29) is 5.56 Å². The number of fused-ring (bicyclic) bond motifs is 1. The number of anilines is 1. The Hall–Kier alpha value is -2.34. The molecular formula is C18H16F2N2OS. The summed E-state index contributed by atoms with van der Waals surface area (Å²) in [6, 6.07) is 8.88. The maximum atomic E-state index is 13.7. The monoisotopic (exact) mass is 346 g/mol. The predicted octanol–water partition coefficient (Wildman–Crippen LogP) is 5.17. The molecule has 0 saturated carbocycles. The lowest BCUT2D eigenvalue weighted by molar-refractivity contribution is 0.102. The zero-order chi connectivity index (χ0) is 17.1. The molecule has 0 aliphatic carbocycles. The minimum absolute atomic E-state index is 0.209. The zero-order valence-electron chi connectivity index (χ0n) is 13.1. The van der Waals surface area contributed by atoms with E-state index in [1.54, 1.807) is 0 Å². The van der Waals surface area contributed by atoms with Gasteiger partial charge in [-0.05, 0) is 42.7 Å². The Bertz CT molecular complexity index is 892. The van der Waals surface area contributed by atoms with Crippen LogP contribution in [0.5, 0.6) is 0 Å². The molecule has 1 heterocycles. The van der Waals surface area contributed by atoms with Gasteiger partial charge in [-0.25, -0.2) is 13.8 Å². The highest BCUT2D eigenvalue weighted by molar-refractivity contribution is 7.22. The molecule has 2 aromatic carbocycles. The number of halogens is 2. The third-order valence-electron chi connectivity index (χ3n) is 3.67. The Balaban J connectivity index is 1.80. The zero-order valence-corrected chi connectivity index (χ0v) is 13.9. The molecule has 0 bridgehead atoms. The fraction of sp³-hybridized carbons (Fsp3) is 0.222. The summed E-state index contributed by atoms with van der Waals surface area (Å²) in [4.78, 5) is 16.5. The van der Waals surface area contributed by atoms with E-state index >= 15 is 0 Å². The Morgan fingerprint density at radius 1 is 1.21 bits per heavy atom. The number of unbranched alkanes of at least 4 members (excludes halogenated alkanes) is 1. The fourth-order valence-corrected chi connectivity index (χ4v) is 3.32. The fourth-order valence-electron chi connectivity index (χ4n) is 2.40. The number of nitrogens with zero attached hydrogens (tertiary/aromatic N) is 1. The number of aromatic nitrogens is 1. The van der Waals surface area contributed by atoms with Gasteiger partial charge in [-0.3, -0.25) is 10.1 Å². The second-order valence-electron chi connectivity index (χ2n) is 5.50. The quantitative estimate of drug-likeness (QED) is 0.692. The topological polar surface area (TPSA) is 42.0 Å². The van der Waals surface area contributed by atoms with E-state index in [0.717, 1.165) is 41.6 Å². The number of benzene rings is 2. The van der Waals surface area contributed by atoms with E-state index in [0.29, 0.717) is 11.2 Å². The Kier molecular flexibility index (Phi) is 4.85. The van der Waals surface area contributed by atoms with Crippen LogP contribution >= 0.6 is 11.3 Å². The van der Waals surface area contributed by atoms with Crippen molar-refractivity contribution in [2.45, 2.75) is 26.2 Å². The van der Waals surface area contributed by atoms with Crippen LogP contribution in [-0.2, 0) is 6.42 Å². The second-order valence-corrected chi connectivity index (χ2v) is 6.53. The van der Waals surface area contributed by atoms with E-state index in [9.17, 15) is 13.6 Å². The van der Waals surface area contributed by atoms with Crippen molar-refractivity contribution in [3.05, 3.63) is 59.2 Å². The molecule has 0 spiro atoms. The van der Waals surface area contributed by atoms with Gasteiger partial charge < -0.3 is 0 Å². The maximum absolute atomic E-state index is 13.7. The molecule has 1 amide bonds. The van der Waals surface area contributed by atoms with Crippen molar-refractivity contribution >= 4 is 32.6 Å². The first-order valence-corrected chi connectivity index (χ1v) is 8.54. The number of nitrogens with one attached hydrogen (secondary N) is 1. The van der Waals surface area contributed by atoms with Gasteiger partial charge in [0.1, 0.15) is 11.6 Å². The molecule has 0 radical (unpaired) electrons. The van der Waals surface area contributed by atoms with Crippen molar-refractivity contribution in [3.8, 4) is 0 Å². The lowest BCUT2D eigenvalue weighted by atomic mass is 10.1. The average Bonchev–Trinajstić information content (AvgIpc) is 2.94. The highest BCUT2D eigenvalue weighted by Crippen LogP contribution is 2.28. The van der Waals surface area contributed by atoms with Crippen molar-refractivity contribution in [2.24, 2.45) is 0 Å². The van der Waals surface area contributed by atoms with Crippen LogP contribution in [0, 0.1) is 11.6 Å². The van der Waals surface area contributed by atoms with Gasteiger partial charge >= 0.3 is 0 Å². The van der Waals surface area contributed by atoms with Gasteiger partial charge in [0, 0.05) is 6.07 Å². The molecule has 0 unspecified atom stereocenters. The highest BCUT2D eigenvalue weighted by atomic mass is 32.1. The summed E-state index contributed by atoms with van der Waals surface area (Å²) in [6.07, 6.45) is 3.26. The molecule has 0 aliphatic heterocycles. The van der Waals surface area contributed by atoms with Gasteiger partial charge in [-0.2, -0.15) is 0 Å². The number of carbonyl (C=O) groups excluding carboxylic acids is 1. The van der Waals surface area contributed by atoms with Crippen LogP contribution in [0.1, 0.15) is 35.7 Å². The van der Waals surface area contributed by atoms with Gasteiger partial charge in [0.25, 0.3) is 5.91 Å². The number of aryl methyl sites for hydroxylation is 1. The van der Waals surface area contributed by atoms with E-state index in [4.69, 9.17) is 0 Å². The van der Waals surface area contributed by atoms with Crippen molar-refractivity contribution in [1.82, 2.24) is 4.98 Å². The first-order valence-electron chi connectivity index (χ1n) is 7.72. The minimum Gasteiger partial charge on any atom is -0.298 e. The van der Waals surface area contributed by atoms with E-state index in [1.807, 2.05) is 12.1 Å². The summed E-state index contributed by atoms with van der Waals surface area (Å²) in [5, 5.41) is 2.97. The molecule has 3 rings (SSSR count). The van der Waals surface area contributed by atoms with Gasteiger partial charge in [0.15, 0.2) is 5.13 Å². The molecule has 1 aromatic heterocycles. The molecule has 3 nitrogen and oxygen atoms in total. The lowest BCUT2D eigenvalue weighted by Gasteiger charge is -2.02. The van der Waals surface area contributed by atoms with Crippen molar-refractivity contribution < 1.29 is 13.6 Å². The molecule has 0 atom stereocenters. The van der Waals surface area contributed by atoms with Crippen LogP contribution in [0.2, 0.25) is 0 Å². The van der Waals surface area contributed by atoms with Crippen LogP contribution in [0.3, 0.4) is 0 Å². The van der Waals surface area contributed by atoms with Crippen molar-refractivity contribution in [1.29, 1.82) is 0 Å². The van der Waals surface area contributed by atoms with E-state index < -0.39 is 17.5 Å². The summed E-state index contributed by atoms with van der Waals surface area (Å²) in [6.45, 7) is 2.15. The van der Waals surface area contributed by atoms with Crippen LogP contribution in [0.4, 0.5) is 13.9 Å². The molecular weight excluding hydrogens is 330 g/mol. The van der Waals surface area contributed by atoms with Crippen molar-refractivity contribution in [2.75, 3.05) is 5.32 Å². The lowest BCUT2D eigenvalue weighted by Crippen LogP contribution is -2.13. The molecule has 0 saturated heterocycles. The summed E-state index contributed by atoms with van der Waals surface area (Å²) >= 11 is 1.34. The van der Waals surface area contributed by atoms with Crippen LogP contribution < -0.4 is 5.32 Å². The molecule has 24 heavy (non-hydrogen) atoms. The normalized spacial score (nSPS) is 11.0. The molecule has 0 aliphatic rings. The SMILES string of the molecule is CCCCc1ccc2nc(NC(=O)c3ccc(F)cc3F)sc2c1. The first-order chi connectivity index (χ1) is 11.6. The number of hydrogen-bond donors (Lipinski definition) is 1. The second kappa shape index (κ2) is 7.05.